The number of likely N-dealkylation sites (tertiary alicyclic amines) is 1. The molecule has 2 heterocycles. The highest BCUT2D eigenvalue weighted by atomic mass is 16.2. The minimum Gasteiger partial charge on any atom is -0.341 e. The molecule has 0 unspecified atom stereocenters. The SMILES string of the molecule is Cn1nc([C@H]2CCCN(C(=O)C3(C#N)CC3)C2)n(-c2ccccc2)c1=O. The van der Waals surface area contributed by atoms with Gasteiger partial charge < -0.3 is 4.90 Å². The first-order valence-electron chi connectivity index (χ1n) is 8.98. The molecule has 7 heteroatoms. The monoisotopic (exact) mass is 351 g/mol. The standard InChI is InChI=1S/C19H21N5O2/c1-22-18(26)24(15-7-3-2-4-8-15)16(21-22)14-6-5-11-23(12-14)17(25)19(13-20)9-10-19/h2-4,7-8,14H,5-6,9-12H2,1H3/t14-/m0/s1. The Balaban J connectivity index is 1.66. The molecule has 1 aliphatic heterocycles. The molecule has 1 aromatic heterocycles. The van der Waals surface area contributed by atoms with Crippen LogP contribution < -0.4 is 5.69 Å². The number of nitrogens with zero attached hydrogens (tertiary/aromatic N) is 5. The largest absolute Gasteiger partial charge is 0.350 e. The van der Waals surface area contributed by atoms with Gasteiger partial charge in [-0.05, 0) is 37.8 Å². The van der Waals surface area contributed by atoms with E-state index in [-0.39, 0.29) is 17.5 Å². The van der Waals surface area contributed by atoms with E-state index in [4.69, 9.17) is 0 Å². The number of aryl methyl sites for hydroxylation is 1. The van der Waals surface area contributed by atoms with Crippen molar-refractivity contribution >= 4 is 5.91 Å². The summed E-state index contributed by atoms with van der Waals surface area (Å²) in [5, 5.41) is 13.8. The van der Waals surface area contributed by atoms with E-state index in [2.05, 4.69) is 11.2 Å². The van der Waals surface area contributed by atoms with E-state index >= 15 is 0 Å². The Kier molecular flexibility index (Phi) is 3.91. The highest BCUT2D eigenvalue weighted by Gasteiger charge is 2.53. The van der Waals surface area contributed by atoms with E-state index in [1.165, 1.54) is 4.68 Å². The summed E-state index contributed by atoms with van der Waals surface area (Å²) in [6.07, 6.45) is 3.02. The molecule has 1 aliphatic carbocycles. The van der Waals surface area contributed by atoms with Gasteiger partial charge in [0.05, 0.1) is 11.8 Å². The number of nitriles is 1. The number of amides is 1. The lowest BCUT2D eigenvalue weighted by atomic mass is 9.95. The predicted octanol–water partition coefficient (Wildman–Crippen LogP) is 1.58. The van der Waals surface area contributed by atoms with Crippen LogP contribution in [0.1, 0.15) is 37.4 Å². The second-order valence-electron chi connectivity index (χ2n) is 7.22. The van der Waals surface area contributed by atoms with Gasteiger partial charge in [0.1, 0.15) is 11.2 Å². The quantitative estimate of drug-likeness (QED) is 0.840. The number of para-hydroxylation sites is 1. The maximum absolute atomic E-state index is 12.7. The number of aromatic nitrogens is 3. The Hall–Kier alpha value is -2.88. The molecule has 134 valence electrons. The average Bonchev–Trinajstić information content (AvgIpc) is 3.43. The van der Waals surface area contributed by atoms with E-state index in [1.807, 2.05) is 30.3 Å². The van der Waals surface area contributed by atoms with Crippen molar-refractivity contribution in [2.24, 2.45) is 12.5 Å². The number of hydrogen-bond donors (Lipinski definition) is 0. The smallest absolute Gasteiger partial charge is 0.341 e. The van der Waals surface area contributed by atoms with Gasteiger partial charge in [0.15, 0.2) is 0 Å². The van der Waals surface area contributed by atoms with Crippen molar-refractivity contribution in [3.05, 3.63) is 46.6 Å². The highest BCUT2D eigenvalue weighted by molar-refractivity contribution is 5.88. The van der Waals surface area contributed by atoms with Crippen LogP contribution in [0, 0.1) is 16.7 Å². The predicted molar refractivity (Wildman–Crippen MR) is 94.6 cm³/mol. The summed E-state index contributed by atoms with van der Waals surface area (Å²) in [6.45, 7) is 1.17. The first-order valence-corrected chi connectivity index (χ1v) is 8.98. The fraction of sp³-hybridized carbons (Fsp3) is 0.474. The first kappa shape index (κ1) is 16.6. The number of benzene rings is 1. The molecule has 0 radical (unpaired) electrons. The molecular formula is C19H21N5O2. The van der Waals surface area contributed by atoms with Crippen LogP contribution in [0.3, 0.4) is 0 Å². The minimum absolute atomic E-state index is 0.0173. The molecule has 1 saturated heterocycles. The third-order valence-electron chi connectivity index (χ3n) is 5.41. The number of carbonyl (C=O) groups is 1. The van der Waals surface area contributed by atoms with E-state index in [9.17, 15) is 14.9 Å². The fourth-order valence-electron chi connectivity index (χ4n) is 3.74. The molecule has 1 aromatic carbocycles. The van der Waals surface area contributed by atoms with Crippen LogP contribution in [0.15, 0.2) is 35.1 Å². The van der Waals surface area contributed by atoms with E-state index in [1.54, 1.807) is 16.5 Å². The lowest BCUT2D eigenvalue weighted by molar-refractivity contribution is -0.136. The minimum atomic E-state index is -0.800. The topological polar surface area (TPSA) is 83.9 Å². The van der Waals surface area contributed by atoms with Crippen molar-refractivity contribution in [3.63, 3.8) is 0 Å². The summed E-state index contributed by atoms with van der Waals surface area (Å²) in [7, 11) is 1.64. The third-order valence-corrected chi connectivity index (χ3v) is 5.41. The van der Waals surface area contributed by atoms with Crippen molar-refractivity contribution in [2.75, 3.05) is 13.1 Å². The molecule has 4 rings (SSSR count). The molecule has 1 saturated carbocycles. The zero-order chi connectivity index (χ0) is 18.3. The molecule has 7 nitrogen and oxygen atoms in total. The zero-order valence-corrected chi connectivity index (χ0v) is 14.8. The summed E-state index contributed by atoms with van der Waals surface area (Å²) in [5.41, 5.74) is -0.212. The Labute approximate surface area is 151 Å². The van der Waals surface area contributed by atoms with Gasteiger partial charge in [-0.1, -0.05) is 18.2 Å². The molecule has 1 amide bonds. The van der Waals surface area contributed by atoms with Crippen LogP contribution in [0.5, 0.6) is 0 Å². The number of rotatable bonds is 3. The van der Waals surface area contributed by atoms with Crippen LogP contribution in [0.25, 0.3) is 5.69 Å². The van der Waals surface area contributed by atoms with Gasteiger partial charge in [-0.15, -0.1) is 0 Å². The Morgan fingerprint density at radius 3 is 2.69 bits per heavy atom. The highest BCUT2D eigenvalue weighted by Crippen LogP contribution is 2.47. The second kappa shape index (κ2) is 6.13. The maximum Gasteiger partial charge on any atom is 0.350 e. The molecule has 0 spiro atoms. The van der Waals surface area contributed by atoms with Gasteiger partial charge in [0.25, 0.3) is 0 Å². The van der Waals surface area contributed by atoms with Crippen LogP contribution >= 0.6 is 0 Å². The van der Waals surface area contributed by atoms with Gasteiger partial charge in [0, 0.05) is 26.1 Å². The lowest BCUT2D eigenvalue weighted by Crippen LogP contribution is -2.43. The third kappa shape index (κ3) is 2.62. The molecule has 2 fully saturated rings. The number of carbonyl (C=O) groups excluding carboxylic acids is 1. The van der Waals surface area contributed by atoms with Gasteiger partial charge in [-0.3, -0.25) is 4.79 Å². The normalized spacial score (nSPS) is 21.2. The summed E-state index contributed by atoms with van der Waals surface area (Å²) >= 11 is 0. The van der Waals surface area contributed by atoms with Crippen molar-refractivity contribution < 1.29 is 4.79 Å². The summed E-state index contributed by atoms with van der Waals surface area (Å²) in [5.74, 6) is 0.605. The number of hydrogen-bond acceptors (Lipinski definition) is 4. The Morgan fingerprint density at radius 2 is 2.04 bits per heavy atom. The van der Waals surface area contributed by atoms with Crippen LogP contribution in [-0.2, 0) is 11.8 Å². The summed E-state index contributed by atoms with van der Waals surface area (Å²) in [6, 6.07) is 11.6. The van der Waals surface area contributed by atoms with Crippen molar-refractivity contribution in [1.29, 1.82) is 5.26 Å². The van der Waals surface area contributed by atoms with Crippen LogP contribution in [-0.4, -0.2) is 38.2 Å². The van der Waals surface area contributed by atoms with Crippen molar-refractivity contribution in [3.8, 4) is 11.8 Å². The van der Waals surface area contributed by atoms with Gasteiger partial charge >= 0.3 is 5.69 Å². The first-order chi connectivity index (χ1) is 12.6. The van der Waals surface area contributed by atoms with E-state index in [0.29, 0.717) is 31.8 Å². The molecule has 2 aromatic rings. The van der Waals surface area contributed by atoms with Gasteiger partial charge in [0.2, 0.25) is 5.91 Å². The van der Waals surface area contributed by atoms with Crippen molar-refractivity contribution in [2.45, 2.75) is 31.6 Å². The van der Waals surface area contributed by atoms with Gasteiger partial charge in [-0.25, -0.2) is 14.0 Å². The molecule has 1 atom stereocenters. The maximum atomic E-state index is 12.7. The van der Waals surface area contributed by atoms with Gasteiger partial charge in [-0.2, -0.15) is 10.4 Å². The summed E-state index contributed by atoms with van der Waals surface area (Å²) in [4.78, 5) is 27.1. The van der Waals surface area contributed by atoms with E-state index in [0.717, 1.165) is 18.5 Å². The molecule has 0 bridgehead atoms. The summed E-state index contributed by atoms with van der Waals surface area (Å²) < 4.78 is 2.98. The van der Waals surface area contributed by atoms with Crippen molar-refractivity contribution in [1.82, 2.24) is 19.2 Å². The lowest BCUT2D eigenvalue weighted by Gasteiger charge is -2.33. The molecular weight excluding hydrogens is 330 g/mol. The molecule has 2 aliphatic rings. The second-order valence-corrected chi connectivity index (χ2v) is 7.22. The van der Waals surface area contributed by atoms with Crippen LogP contribution in [0.2, 0.25) is 0 Å². The van der Waals surface area contributed by atoms with E-state index < -0.39 is 5.41 Å². The fourth-order valence-corrected chi connectivity index (χ4v) is 3.74. The number of piperidine rings is 1. The molecule has 0 N–H and O–H groups in total. The zero-order valence-electron chi connectivity index (χ0n) is 14.8. The average molecular weight is 351 g/mol. The Morgan fingerprint density at radius 1 is 1.31 bits per heavy atom. The molecule has 26 heavy (non-hydrogen) atoms. The van der Waals surface area contributed by atoms with Crippen LogP contribution in [0.4, 0.5) is 0 Å². The Bertz CT molecular complexity index is 933.